The van der Waals surface area contributed by atoms with Gasteiger partial charge in [0.2, 0.25) is 5.91 Å². The van der Waals surface area contributed by atoms with Gasteiger partial charge >= 0.3 is 12.1 Å². The Hall–Kier alpha value is -2.94. The fourth-order valence-corrected chi connectivity index (χ4v) is 6.07. The van der Waals surface area contributed by atoms with Gasteiger partial charge in [-0.1, -0.05) is 18.2 Å². The van der Waals surface area contributed by atoms with Crippen LogP contribution in [0.2, 0.25) is 0 Å². The third-order valence-corrected chi connectivity index (χ3v) is 8.15. The molecule has 2 aromatic rings. The van der Waals surface area contributed by atoms with E-state index in [0.29, 0.717) is 32.0 Å². The third kappa shape index (κ3) is 5.51. The molecule has 9 heteroatoms. The van der Waals surface area contributed by atoms with E-state index in [1.807, 2.05) is 4.90 Å². The van der Waals surface area contributed by atoms with Crippen LogP contribution in [0.3, 0.4) is 0 Å². The number of hydrogen-bond acceptors (Lipinski definition) is 4. The van der Waals surface area contributed by atoms with Crippen molar-refractivity contribution in [3.63, 3.8) is 0 Å². The lowest BCUT2D eigenvalue weighted by molar-refractivity contribution is -0.144. The van der Waals surface area contributed by atoms with Crippen LogP contribution in [-0.4, -0.2) is 57.9 Å². The van der Waals surface area contributed by atoms with E-state index < -0.39 is 23.8 Å². The van der Waals surface area contributed by atoms with Crippen molar-refractivity contribution in [1.82, 2.24) is 14.8 Å². The van der Waals surface area contributed by atoms with Crippen LogP contribution in [0.15, 0.2) is 36.4 Å². The van der Waals surface area contributed by atoms with E-state index in [9.17, 15) is 27.9 Å². The fourth-order valence-electron chi connectivity index (χ4n) is 6.07. The second-order valence-electron chi connectivity index (χ2n) is 10.5. The van der Waals surface area contributed by atoms with Crippen LogP contribution in [0.25, 0.3) is 0 Å². The van der Waals surface area contributed by atoms with Crippen molar-refractivity contribution in [2.45, 2.75) is 63.1 Å². The Balaban J connectivity index is 1.18. The van der Waals surface area contributed by atoms with E-state index >= 15 is 0 Å². The van der Waals surface area contributed by atoms with Gasteiger partial charge in [-0.3, -0.25) is 19.5 Å². The number of fused-ring (bicyclic) bond motifs is 1. The minimum atomic E-state index is -4.48. The summed E-state index contributed by atoms with van der Waals surface area (Å²) in [6, 6.07) is 7.54. The van der Waals surface area contributed by atoms with Gasteiger partial charge in [0, 0.05) is 43.5 Å². The number of piperidine rings is 1. The lowest BCUT2D eigenvalue weighted by atomic mass is 9.90. The van der Waals surface area contributed by atoms with Gasteiger partial charge in [-0.05, 0) is 74.3 Å². The normalized spacial score (nSPS) is 22.0. The molecule has 2 saturated heterocycles. The van der Waals surface area contributed by atoms with Crippen molar-refractivity contribution in [3.05, 3.63) is 64.5 Å². The molecule has 37 heavy (non-hydrogen) atoms. The van der Waals surface area contributed by atoms with Crippen molar-refractivity contribution in [3.8, 4) is 0 Å². The lowest BCUT2D eigenvalue weighted by Gasteiger charge is -2.34. The van der Waals surface area contributed by atoms with Gasteiger partial charge in [0.15, 0.2) is 0 Å². The highest BCUT2D eigenvalue weighted by atomic mass is 19.4. The zero-order valence-corrected chi connectivity index (χ0v) is 20.7. The second-order valence-corrected chi connectivity index (χ2v) is 10.5. The summed E-state index contributed by atoms with van der Waals surface area (Å²) in [6.45, 7) is 1.99. The number of carboxylic acid groups (broad SMARTS) is 1. The van der Waals surface area contributed by atoms with Crippen LogP contribution >= 0.6 is 0 Å². The summed E-state index contributed by atoms with van der Waals surface area (Å²) in [5.41, 5.74) is 3.19. The van der Waals surface area contributed by atoms with E-state index in [1.165, 1.54) is 36.2 Å². The number of amides is 1. The Kier molecular flexibility index (Phi) is 7.25. The van der Waals surface area contributed by atoms with Gasteiger partial charge in [-0.15, -0.1) is 0 Å². The van der Waals surface area contributed by atoms with Crippen molar-refractivity contribution in [2.24, 2.45) is 5.92 Å². The first-order valence-electron chi connectivity index (χ1n) is 13.1. The summed E-state index contributed by atoms with van der Waals surface area (Å²) in [5, 5.41) is 9.84. The number of nitrogens with zero attached hydrogens (tertiary/aromatic N) is 3. The average Bonchev–Trinajstić information content (AvgIpc) is 3.37. The number of rotatable bonds is 5. The minimum absolute atomic E-state index is 0.0379. The molecular formula is C28H32F3N3O3. The summed E-state index contributed by atoms with van der Waals surface area (Å²) in [6.07, 6.45) is 2.34. The first-order valence-corrected chi connectivity index (χ1v) is 13.1. The monoisotopic (exact) mass is 515 g/mol. The molecule has 0 radical (unpaired) electrons. The molecule has 3 aliphatic rings. The quantitative estimate of drug-likeness (QED) is 0.618. The van der Waals surface area contributed by atoms with Crippen molar-refractivity contribution in [1.29, 1.82) is 0 Å². The van der Waals surface area contributed by atoms with Crippen LogP contribution < -0.4 is 0 Å². The van der Waals surface area contributed by atoms with E-state index in [0.717, 1.165) is 43.5 Å². The Labute approximate surface area is 214 Å². The van der Waals surface area contributed by atoms with E-state index in [4.69, 9.17) is 4.98 Å². The van der Waals surface area contributed by atoms with Crippen LogP contribution in [-0.2, 0) is 28.6 Å². The number of carboxylic acids is 1. The van der Waals surface area contributed by atoms with Gasteiger partial charge in [0.1, 0.15) is 6.04 Å². The summed E-state index contributed by atoms with van der Waals surface area (Å²) >= 11 is 0. The zero-order valence-electron chi connectivity index (χ0n) is 20.7. The Morgan fingerprint density at radius 3 is 2.32 bits per heavy atom. The van der Waals surface area contributed by atoms with Crippen molar-refractivity contribution < 1.29 is 27.9 Å². The number of hydrogen-bond donors (Lipinski definition) is 1. The second kappa shape index (κ2) is 10.4. The lowest BCUT2D eigenvalue weighted by Crippen LogP contribution is -2.42. The number of pyridine rings is 1. The Morgan fingerprint density at radius 2 is 1.65 bits per heavy atom. The maximum Gasteiger partial charge on any atom is 0.416 e. The molecule has 1 aliphatic carbocycles. The molecule has 1 N–H and O–H groups in total. The minimum Gasteiger partial charge on any atom is -0.480 e. The van der Waals surface area contributed by atoms with E-state index in [1.54, 1.807) is 4.90 Å². The molecule has 2 aliphatic heterocycles. The highest BCUT2D eigenvalue weighted by Gasteiger charge is 2.39. The van der Waals surface area contributed by atoms with Gasteiger partial charge in [0.05, 0.1) is 11.5 Å². The molecule has 0 unspecified atom stereocenters. The molecule has 5 rings (SSSR count). The molecule has 1 amide bonds. The number of halogens is 3. The summed E-state index contributed by atoms with van der Waals surface area (Å²) in [5.74, 6) is -1.07. The van der Waals surface area contributed by atoms with Crippen LogP contribution in [0.1, 0.15) is 72.1 Å². The van der Waals surface area contributed by atoms with Crippen molar-refractivity contribution >= 4 is 11.9 Å². The van der Waals surface area contributed by atoms with E-state index in [2.05, 4.69) is 12.1 Å². The summed E-state index contributed by atoms with van der Waals surface area (Å²) < 4.78 is 38.7. The Bertz CT molecular complexity index is 1140. The number of carbonyl (C=O) groups excluding carboxylic acids is 1. The Morgan fingerprint density at radius 1 is 0.946 bits per heavy atom. The molecule has 0 spiro atoms. The number of carbonyl (C=O) groups is 2. The van der Waals surface area contributed by atoms with Gasteiger partial charge in [0.25, 0.3) is 0 Å². The zero-order chi connectivity index (χ0) is 26.2. The van der Waals surface area contributed by atoms with Gasteiger partial charge < -0.3 is 10.0 Å². The predicted octanol–water partition coefficient (Wildman–Crippen LogP) is 4.83. The molecule has 0 saturated carbocycles. The number of aryl methyl sites for hydroxylation is 2. The average molecular weight is 516 g/mol. The number of aromatic nitrogens is 1. The largest absolute Gasteiger partial charge is 0.480 e. The molecule has 3 heterocycles. The van der Waals surface area contributed by atoms with Gasteiger partial charge in [-0.2, -0.15) is 13.2 Å². The molecular weight excluding hydrogens is 483 g/mol. The van der Waals surface area contributed by atoms with E-state index in [-0.39, 0.29) is 23.9 Å². The molecule has 198 valence electrons. The number of likely N-dealkylation sites (tertiary alicyclic amines) is 2. The standard InChI is InChI=1S/C28H32F3N3O3/c29-28(30,31)22-8-5-20(6-9-22)25(27(36)37)34-16-13-21(17-34)26(35)33-14-11-19(12-15-33)24-10-7-18-3-1-2-4-23(18)32-24/h5-10,19,21,25H,1-4,11-17H2,(H,36,37)/t21-,25+/m1/s1. The van der Waals surface area contributed by atoms with Crippen molar-refractivity contribution in [2.75, 3.05) is 26.2 Å². The SMILES string of the molecule is O=C(O)[C@H](c1ccc(C(F)(F)F)cc1)N1CC[C@@H](C(=O)N2CCC(c3ccc4c(n3)CCCC4)CC2)C1. The maximum atomic E-state index is 13.3. The molecule has 1 aromatic heterocycles. The smallest absolute Gasteiger partial charge is 0.416 e. The van der Waals surface area contributed by atoms with Crippen LogP contribution in [0.5, 0.6) is 0 Å². The molecule has 6 nitrogen and oxygen atoms in total. The van der Waals surface area contributed by atoms with Crippen LogP contribution in [0.4, 0.5) is 13.2 Å². The maximum absolute atomic E-state index is 13.3. The number of aliphatic carboxylic acids is 1. The molecule has 2 fully saturated rings. The topological polar surface area (TPSA) is 73.7 Å². The highest BCUT2D eigenvalue weighted by molar-refractivity contribution is 5.80. The highest BCUT2D eigenvalue weighted by Crippen LogP contribution is 2.34. The summed E-state index contributed by atoms with van der Waals surface area (Å²) in [7, 11) is 0. The molecule has 2 atom stereocenters. The first kappa shape index (κ1) is 25.7. The van der Waals surface area contributed by atoms with Crippen LogP contribution in [0, 0.1) is 5.92 Å². The predicted molar refractivity (Wildman–Crippen MR) is 131 cm³/mol. The third-order valence-electron chi connectivity index (χ3n) is 8.15. The van der Waals surface area contributed by atoms with Gasteiger partial charge in [-0.25, -0.2) is 0 Å². The molecule has 0 bridgehead atoms. The first-order chi connectivity index (χ1) is 17.7. The number of alkyl halides is 3. The molecule has 1 aromatic carbocycles. The number of benzene rings is 1. The fraction of sp³-hybridized carbons (Fsp3) is 0.536. The summed E-state index contributed by atoms with van der Waals surface area (Å²) in [4.78, 5) is 33.8.